The number of nitrogens with zero attached hydrogens (tertiary/aromatic N) is 3. The number of H-pyrrole nitrogens is 2. The molecule has 1 fully saturated rings. The van der Waals surface area contributed by atoms with Crippen molar-refractivity contribution in [2.45, 2.75) is 31.5 Å². The number of aliphatic hydroxyl groups is 1. The molecule has 0 aliphatic carbocycles. The molecule has 0 bridgehead atoms. The highest BCUT2D eigenvalue weighted by Gasteiger charge is 2.34. The maximum atomic E-state index is 14.3. The van der Waals surface area contributed by atoms with Crippen LogP contribution < -0.4 is 20.3 Å². The van der Waals surface area contributed by atoms with Crippen LogP contribution >= 0.6 is 11.6 Å². The van der Waals surface area contributed by atoms with Gasteiger partial charge in [-0.15, -0.1) is 0 Å². The minimum Gasteiger partial charge on any atom is -0.494 e. The number of likely N-dealkylation sites (tertiary alicyclic amines) is 1. The molecule has 0 spiro atoms. The number of aliphatic hydroxyl groups excluding tert-OH is 1. The highest BCUT2D eigenvalue weighted by molar-refractivity contribution is 6.32. The Bertz CT molecular complexity index is 1790. The van der Waals surface area contributed by atoms with Gasteiger partial charge in [0, 0.05) is 37.0 Å². The molecule has 44 heavy (non-hydrogen) atoms. The van der Waals surface area contributed by atoms with E-state index in [4.69, 9.17) is 21.1 Å². The van der Waals surface area contributed by atoms with Gasteiger partial charge in [0.2, 0.25) is 0 Å². The Hall–Kier alpha value is -4.20. The molecule has 4 aromatic rings. The lowest BCUT2D eigenvalue weighted by molar-refractivity contribution is 0.0617. The first kappa shape index (κ1) is 29.9. The molecular weight excluding hydrogens is 598 g/mol. The smallest absolute Gasteiger partial charge is 0.261 e. The second kappa shape index (κ2) is 12.1. The number of hydrogen-bond donors (Lipinski definition) is 4. The Labute approximate surface area is 255 Å². The van der Waals surface area contributed by atoms with E-state index in [0.717, 1.165) is 37.6 Å². The predicted octanol–water partition coefficient (Wildman–Crippen LogP) is 3.76. The van der Waals surface area contributed by atoms with Crippen LogP contribution in [0.15, 0.2) is 35.3 Å². The summed E-state index contributed by atoms with van der Waals surface area (Å²) in [6.07, 6.45) is 2.13. The molecule has 2 aromatic carbocycles. The van der Waals surface area contributed by atoms with Crippen molar-refractivity contribution in [3.05, 3.63) is 68.6 Å². The van der Waals surface area contributed by atoms with Crippen molar-refractivity contribution in [3.8, 4) is 22.9 Å². The van der Waals surface area contributed by atoms with Crippen LogP contribution in [0.3, 0.4) is 0 Å². The third-order valence-corrected chi connectivity index (χ3v) is 8.45. The number of carbonyl (C=O) groups excluding carboxylic acids is 1. The molecule has 1 saturated heterocycles. The molecule has 0 saturated carbocycles. The molecule has 11 nitrogen and oxygen atoms in total. The van der Waals surface area contributed by atoms with Gasteiger partial charge in [0.05, 0.1) is 23.8 Å². The lowest BCUT2D eigenvalue weighted by atomic mass is 10.0. The number of benzene rings is 2. The van der Waals surface area contributed by atoms with Gasteiger partial charge in [-0.1, -0.05) is 11.6 Å². The standard InChI is InChI=1S/C30H31ClF2N6O5/c1-38-7-4-16(5-8-38)39-13-15-9-21-22(10-18(15)30(39)42)37-28(36-21)24-20(3-6-34-29(24)41)35-12-17(40)14-44-27-19(32)11-23(43-2)26(33)25(27)31/h3,6,9-11,16-17,40H,4-5,7-8,12-14H2,1-2H3,(H,36,37)(H2,34,35,41). The van der Waals surface area contributed by atoms with E-state index in [1.807, 2.05) is 11.0 Å². The maximum Gasteiger partial charge on any atom is 0.261 e. The van der Waals surface area contributed by atoms with Crippen LogP contribution in [0.1, 0.15) is 28.8 Å². The van der Waals surface area contributed by atoms with Crippen LogP contribution in [-0.2, 0) is 6.54 Å². The molecule has 6 rings (SSSR count). The topological polar surface area (TPSA) is 136 Å². The van der Waals surface area contributed by atoms with Gasteiger partial charge in [-0.05, 0) is 56.7 Å². The Morgan fingerprint density at radius 3 is 2.75 bits per heavy atom. The zero-order valence-electron chi connectivity index (χ0n) is 24.0. The number of ether oxygens (including phenoxy) is 2. The van der Waals surface area contributed by atoms with Crippen molar-refractivity contribution in [3.63, 3.8) is 0 Å². The molecule has 4 N–H and O–H groups in total. The van der Waals surface area contributed by atoms with Gasteiger partial charge in [-0.25, -0.2) is 13.8 Å². The van der Waals surface area contributed by atoms with Crippen molar-refractivity contribution in [1.29, 1.82) is 0 Å². The van der Waals surface area contributed by atoms with Gasteiger partial charge in [0.15, 0.2) is 23.1 Å². The fourth-order valence-corrected chi connectivity index (χ4v) is 5.96. The van der Waals surface area contributed by atoms with Gasteiger partial charge in [0.25, 0.3) is 11.5 Å². The van der Waals surface area contributed by atoms with Gasteiger partial charge in [0.1, 0.15) is 29.1 Å². The van der Waals surface area contributed by atoms with E-state index in [9.17, 15) is 23.5 Å². The van der Waals surface area contributed by atoms with E-state index in [-0.39, 0.29) is 35.6 Å². The second-order valence-electron chi connectivity index (χ2n) is 11.0. The Morgan fingerprint density at radius 1 is 1.23 bits per heavy atom. The highest BCUT2D eigenvalue weighted by Crippen LogP contribution is 2.36. The molecule has 2 aliphatic heterocycles. The van der Waals surface area contributed by atoms with Crippen molar-refractivity contribution in [1.82, 2.24) is 24.8 Å². The lowest BCUT2D eigenvalue weighted by Crippen LogP contribution is -2.43. The molecule has 1 atom stereocenters. The van der Waals surface area contributed by atoms with Gasteiger partial charge >= 0.3 is 0 Å². The minimum atomic E-state index is -1.19. The number of aromatic nitrogens is 3. The Balaban J connectivity index is 1.17. The number of nitrogens with one attached hydrogen (secondary N) is 3. The number of aromatic amines is 2. The number of rotatable bonds is 9. The third-order valence-electron chi connectivity index (χ3n) is 8.12. The quantitative estimate of drug-likeness (QED) is 0.206. The summed E-state index contributed by atoms with van der Waals surface area (Å²) >= 11 is 5.88. The first-order valence-electron chi connectivity index (χ1n) is 14.1. The fourth-order valence-electron chi connectivity index (χ4n) is 5.72. The highest BCUT2D eigenvalue weighted by atomic mass is 35.5. The summed E-state index contributed by atoms with van der Waals surface area (Å²) < 4.78 is 38.6. The summed E-state index contributed by atoms with van der Waals surface area (Å²) in [5.74, 6) is -2.58. The Kier molecular flexibility index (Phi) is 8.18. The average molecular weight is 629 g/mol. The fraction of sp³-hybridized carbons (Fsp3) is 0.367. The van der Waals surface area contributed by atoms with E-state index >= 15 is 0 Å². The van der Waals surface area contributed by atoms with Crippen LogP contribution in [0.5, 0.6) is 11.5 Å². The molecule has 232 valence electrons. The predicted molar refractivity (Wildman–Crippen MR) is 160 cm³/mol. The molecule has 4 heterocycles. The number of anilines is 1. The largest absolute Gasteiger partial charge is 0.494 e. The lowest BCUT2D eigenvalue weighted by Gasteiger charge is -2.34. The number of pyridine rings is 1. The molecule has 2 aromatic heterocycles. The summed E-state index contributed by atoms with van der Waals surface area (Å²) in [6, 6.07) is 6.28. The molecular formula is C30H31ClF2N6O5. The molecule has 1 unspecified atom stereocenters. The third kappa shape index (κ3) is 5.58. The molecule has 2 aliphatic rings. The molecule has 0 radical (unpaired) electrons. The van der Waals surface area contributed by atoms with E-state index in [1.165, 1.54) is 13.3 Å². The Morgan fingerprint density at radius 2 is 2.00 bits per heavy atom. The molecule has 1 amide bonds. The number of amides is 1. The number of hydrogen-bond acceptors (Lipinski definition) is 8. The second-order valence-corrected chi connectivity index (χ2v) is 11.4. The van der Waals surface area contributed by atoms with E-state index in [2.05, 4.69) is 32.2 Å². The first-order valence-corrected chi connectivity index (χ1v) is 14.5. The maximum absolute atomic E-state index is 14.3. The normalized spacial score (nSPS) is 16.4. The summed E-state index contributed by atoms with van der Waals surface area (Å²) in [7, 11) is 3.26. The number of methoxy groups -OCH3 is 1. The van der Waals surface area contributed by atoms with E-state index in [1.54, 1.807) is 12.1 Å². The number of imidazole rings is 1. The summed E-state index contributed by atoms with van der Waals surface area (Å²) in [5, 5.41) is 12.9. The molecule has 14 heteroatoms. The minimum absolute atomic E-state index is 0.00210. The zero-order chi connectivity index (χ0) is 31.1. The van der Waals surface area contributed by atoms with Crippen LogP contribution in [0.25, 0.3) is 22.4 Å². The van der Waals surface area contributed by atoms with Crippen molar-refractivity contribution < 1.29 is 28.2 Å². The monoisotopic (exact) mass is 628 g/mol. The SMILES string of the molecule is COc1cc(F)c(OCC(O)CNc2cc[nH]c(=O)c2-c2nc3cc4c(cc3[nH]2)C(=O)N(C2CCN(C)CC2)C4)c(Cl)c1F. The van der Waals surface area contributed by atoms with Crippen LogP contribution in [-0.4, -0.2) is 88.3 Å². The average Bonchev–Trinajstić information content (AvgIpc) is 3.56. The van der Waals surface area contributed by atoms with E-state index in [0.29, 0.717) is 28.8 Å². The summed E-state index contributed by atoms with van der Waals surface area (Å²) in [5.41, 5.74) is 2.89. The van der Waals surface area contributed by atoms with Crippen LogP contribution in [0.2, 0.25) is 5.02 Å². The number of halogens is 3. The van der Waals surface area contributed by atoms with Gasteiger partial charge < -0.3 is 39.7 Å². The number of piperidine rings is 1. The van der Waals surface area contributed by atoms with Crippen molar-refractivity contribution in [2.24, 2.45) is 0 Å². The van der Waals surface area contributed by atoms with E-state index < -0.39 is 40.7 Å². The summed E-state index contributed by atoms with van der Waals surface area (Å²) in [4.78, 5) is 40.9. The van der Waals surface area contributed by atoms with Gasteiger partial charge in [-0.2, -0.15) is 0 Å². The van der Waals surface area contributed by atoms with Crippen molar-refractivity contribution in [2.75, 3.05) is 45.7 Å². The van der Waals surface area contributed by atoms with Crippen LogP contribution in [0.4, 0.5) is 14.5 Å². The summed E-state index contributed by atoms with van der Waals surface area (Å²) in [6.45, 7) is 1.91. The first-order chi connectivity index (χ1) is 21.1. The van der Waals surface area contributed by atoms with Crippen LogP contribution in [0, 0.1) is 11.6 Å². The number of fused-ring (bicyclic) bond motifs is 2. The zero-order valence-corrected chi connectivity index (χ0v) is 24.8. The van der Waals surface area contributed by atoms with Crippen molar-refractivity contribution >= 4 is 34.2 Å². The number of carbonyl (C=O) groups is 1. The van der Waals surface area contributed by atoms with Gasteiger partial charge in [-0.3, -0.25) is 9.59 Å².